The fourth-order valence-electron chi connectivity index (χ4n) is 3.96. The summed E-state index contributed by atoms with van der Waals surface area (Å²) in [6, 6.07) is 9.99. The number of nitrogens with zero attached hydrogens (tertiary/aromatic N) is 2. The zero-order valence-corrected chi connectivity index (χ0v) is 17.9. The SMILES string of the molecule is COc1ccc([C@@H]2c3c(oc4ccc(C)cc4c3=O)C(=O)N2c2nccs2)cc1OC. The van der Waals surface area contributed by atoms with Crippen LogP contribution >= 0.6 is 11.3 Å². The summed E-state index contributed by atoms with van der Waals surface area (Å²) in [6.07, 6.45) is 1.62. The van der Waals surface area contributed by atoms with E-state index in [4.69, 9.17) is 13.9 Å². The lowest BCUT2D eigenvalue weighted by atomic mass is 9.98. The zero-order chi connectivity index (χ0) is 21.7. The van der Waals surface area contributed by atoms with Crippen molar-refractivity contribution in [2.45, 2.75) is 13.0 Å². The summed E-state index contributed by atoms with van der Waals surface area (Å²) < 4.78 is 16.8. The van der Waals surface area contributed by atoms with Crippen LogP contribution in [0.25, 0.3) is 11.0 Å². The lowest BCUT2D eigenvalue weighted by molar-refractivity contribution is 0.0971. The van der Waals surface area contributed by atoms with Crippen LogP contribution in [0.4, 0.5) is 5.13 Å². The summed E-state index contributed by atoms with van der Waals surface area (Å²) in [5, 5.41) is 2.71. The number of carbonyl (C=O) groups is 1. The number of aryl methyl sites for hydroxylation is 1. The van der Waals surface area contributed by atoms with E-state index in [0.29, 0.717) is 38.7 Å². The van der Waals surface area contributed by atoms with Gasteiger partial charge in [0.25, 0.3) is 5.91 Å². The third-order valence-electron chi connectivity index (χ3n) is 5.37. The minimum atomic E-state index is -0.699. The van der Waals surface area contributed by atoms with E-state index in [1.807, 2.05) is 19.1 Å². The van der Waals surface area contributed by atoms with Crippen LogP contribution in [-0.4, -0.2) is 25.1 Å². The summed E-state index contributed by atoms with van der Waals surface area (Å²) in [6.45, 7) is 1.91. The molecule has 0 aliphatic carbocycles. The Bertz CT molecular complexity index is 1380. The van der Waals surface area contributed by atoms with E-state index in [9.17, 15) is 9.59 Å². The number of carbonyl (C=O) groups excluding carboxylic acids is 1. The number of amides is 1. The molecule has 1 amide bonds. The maximum atomic E-state index is 13.6. The summed E-state index contributed by atoms with van der Waals surface area (Å²) in [7, 11) is 3.09. The first kappa shape index (κ1) is 19.3. The van der Waals surface area contributed by atoms with Gasteiger partial charge in [-0.25, -0.2) is 4.98 Å². The van der Waals surface area contributed by atoms with Gasteiger partial charge in [0.2, 0.25) is 5.76 Å². The maximum absolute atomic E-state index is 13.6. The average molecular weight is 434 g/mol. The standard InChI is InChI=1S/C23H18N2O5S/c1-12-4-6-15-14(10-12)20(26)18-19(13-5-7-16(28-2)17(11-13)29-3)25(22(27)21(18)30-15)23-24-8-9-31-23/h4-11,19H,1-3H3/t19-/m1/s1. The Morgan fingerprint density at radius 2 is 1.87 bits per heavy atom. The van der Waals surface area contributed by atoms with E-state index in [2.05, 4.69) is 4.98 Å². The van der Waals surface area contributed by atoms with Crippen LogP contribution in [0, 0.1) is 6.92 Å². The van der Waals surface area contributed by atoms with Crippen LogP contribution in [0.2, 0.25) is 0 Å². The van der Waals surface area contributed by atoms with Crippen molar-refractivity contribution in [3.8, 4) is 11.5 Å². The van der Waals surface area contributed by atoms with E-state index < -0.39 is 11.9 Å². The van der Waals surface area contributed by atoms with Gasteiger partial charge in [-0.1, -0.05) is 17.7 Å². The number of methoxy groups -OCH3 is 2. The van der Waals surface area contributed by atoms with Gasteiger partial charge in [0, 0.05) is 11.6 Å². The molecule has 8 heteroatoms. The highest BCUT2D eigenvalue weighted by molar-refractivity contribution is 7.13. The number of hydrogen-bond acceptors (Lipinski definition) is 7. The van der Waals surface area contributed by atoms with Gasteiger partial charge in [-0.2, -0.15) is 0 Å². The summed E-state index contributed by atoms with van der Waals surface area (Å²) >= 11 is 1.32. The Morgan fingerprint density at radius 3 is 2.58 bits per heavy atom. The van der Waals surface area contributed by atoms with Crippen LogP contribution < -0.4 is 19.8 Å². The Labute approximate surface area is 181 Å². The molecule has 0 bridgehead atoms. The Hall–Kier alpha value is -3.65. The number of fused-ring (bicyclic) bond motifs is 2. The van der Waals surface area contributed by atoms with Crippen LogP contribution in [0.3, 0.4) is 0 Å². The molecule has 0 spiro atoms. The van der Waals surface area contributed by atoms with Crippen molar-refractivity contribution in [1.29, 1.82) is 0 Å². The number of aromatic nitrogens is 1. The van der Waals surface area contributed by atoms with Gasteiger partial charge in [-0.05, 0) is 36.8 Å². The Kier molecular flexibility index (Phi) is 4.51. The summed E-state index contributed by atoms with van der Waals surface area (Å²) in [4.78, 5) is 32.8. The first-order valence-electron chi connectivity index (χ1n) is 9.56. The first-order chi connectivity index (χ1) is 15.0. The molecule has 0 fully saturated rings. The lowest BCUT2D eigenvalue weighted by Crippen LogP contribution is -2.29. The van der Waals surface area contributed by atoms with Crippen molar-refractivity contribution in [2.75, 3.05) is 19.1 Å². The third-order valence-corrected chi connectivity index (χ3v) is 6.15. The van der Waals surface area contributed by atoms with Crippen molar-refractivity contribution in [3.05, 3.63) is 80.6 Å². The fourth-order valence-corrected chi connectivity index (χ4v) is 4.62. The van der Waals surface area contributed by atoms with Gasteiger partial charge in [0.05, 0.1) is 31.2 Å². The molecule has 7 nitrogen and oxygen atoms in total. The Balaban J connectivity index is 1.81. The molecular formula is C23H18N2O5S. The minimum absolute atomic E-state index is 0.0383. The average Bonchev–Trinajstić information content (AvgIpc) is 3.40. The topological polar surface area (TPSA) is 81.9 Å². The predicted octanol–water partition coefficient (Wildman–Crippen LogP) is 4.32. The second-order valence-electron chi connectivity index (χ2n) is 7.18. The fraction of sp³-hybridized carbons (Fsp3) is 0.174. The highest BCUT2D eigenvalue weighted by Gasteiger charge is 2.45. The molecule has 3 heterocycles. The normalized spacial score (nSPS) is 15.4. The number of thiazole rings is 1. The van der Waals surface area contributed by atoms with E-state index >= 15 is 0 Å². The number of benzene rings is 2. The van der Waals surface area contributed by atoms with Crippen molar-refractivity contribution < 1.29 is 18.7 Å². The minimum Gasteiger partial charge on any atom is -0.493 e. The second kappa shape index (κ2) is 7.24. The van der Waals surface area contributed by atoms with Crippen LogP contribution in [-0.2, 0) is 0 Å². The largest absolute Gasteiger partial charge is 0.493 e. The molecule has 1 aliphatic heterocycles. The van der Waals surface area contributed by atoms with E-state index in [1.165, 1.54) is 16.2 Å². The van der Waals surface area contributed by atoms with Crippen LogP contribution in [0.15, 0.2) is 57.2 Å². The quantitative estimate of drug-likeness (QED) is 0.476. The van der Waals surface area contributed by atoms with Crippen molar-refractivity contribution >= 4 is 33.3 Å². The highest BCUT2D eigenvalue weighted by Crippen LogP contribution is 2.43. The molecule has 0 radical (unpaired) electrons. The van der Waals surface area contributed by atoms with Crippen LogP contribution in [0.5, 0.6) is 11.5 Å². The summed E-state index contributed by atoms with van der Waals surface area (Å²) in [5.41, 5.74) is 2.08. The molecule has 4 aromatic rings. The molecule has 31 heavy (non-hydrogen) atoms. The molecule has 0 N–H and O–H groups in total. The Morgan fingerprint density at radius 1 is 1.06 bits per heavy atom. The van der Waals surface area contributed by atoms with Gasteiger partial charge < -0.3 is 13.9 Å². The molecule has 0 unspecified atom stereocenters. The number of rotatable bonds is 4. The van der Waals surface area contributed by atoms with Gasteiger partial charge in [0.1, 0.15) is 5.58 Å². The molecule has 1 atom stereocenters. The molecule has 1 aliphatic rings. The van der Waals surface area contributed by atoms with E-state index in [0.717, 1.165) is 5.56 Å². The number of anilines is 1. The van der Waals surface area contributed by atoms with Crippen molar-refractivity contribution in [2.24, 2.45) is 0 Å². The zero-order valence-electron chi connectivity index (χ0n) is 17.0. The first-order valence-corrected chi connectivity index (χ1v) is 10.4. The molecule has 5 rings (SSSR count). The van der Waals surface area contributed by atoms with Gasteiger partial charge >= 0.3 is 0 Å². The van der Waals surface area contributed by atoms with E-state index in [-0.39, 0.29) is 11.2 Å². The lowest BCUT2D eigenvalue weighted by Gasteiger charge is -2.23. The molecular weight excluding hydrogens is 416 g/mol. The molecule has 156 valence electrons. The highest BCUT2D eigenvalue weighted by atomic mass is 32.1. The second-order valence-corrected chi connectivity index (χ2v) is 8.05. The monoisotopic (exact) mass is 434 g/mol. The van der Waals surface area contributed by atoms with Crippen molar-refractivity contribution in [3.63, 3.8) is 0 Å². The predicted molar refractivity (Wildman–Crippen MR) is 118 cm³/mol. The number of ether oxygens (including phenoxy) is 2. The molecule has 0 saturated carbocycles. The molecule has 0 saturated heterocycles. The van der Waals surface area contributed by atoms with Crippen LogP contribution in [0.1, 0.15) is 33.3 Å². The molecule has 2 aromatic heterocycles. The third kappa shape index (κ3) is 2.90. The van der Waals surface area contributed by atoms with E-state index in [1.54, 1.807) is 50.1 Å². The number of hydrogen-bond donors (Lipinski definition) is 0. The smallest absolute Gasteiger partial charge is 0.297 e. The maximum Gasteiger partial charge on any atom is 0.297 e. The summed E-state index contributed by atoms with van der Waals surface area (Å²) in [5.74, 6) is 0.694. The molecule has 2 aromatic carbocycles. The van der Waals surface area contributed by atoms with Crippen molar-refractivity contribution in [1.82, 2.24) is 4.98 Å². The van der Waals surface area contributed by atoms with Gasteiger partial charge in [-0.15, -0.1) is 11.3 Å². The van der Waals surface area contributed by atoms with Gasteiger partial charge in [0.15, 0.2) is 22.1 Å². The van der Waals surface area contributed by atoms with Gasteiger partial charge in [-0.3, -0.25) is 14.5 Å².